The summed E-state index contributed by atoms with van der Waals surface area (Å²) in [6.45, 7) is 3.87. The zero-order valence-corrected chi connectivity index (χ0v) is 8.73. The monoisotopic (exact) mass is 186 g/mol. The van der Waals surface area contributed by atoms with Gasteiger partial charge in [-0.25, -0.2) is 0 Å². The first-order valence-corrected chi connectivity index (χ1v) is 5.87. The Balaban J connectivity index is 1.91. The van der Waals surface area contributed by atoms with E-state index in [-0.39, 0.29) is 0 Å². The Labute approximate surface area is 78.9 Å². The van der Waals surface area contributed by atoms with Crippen LogP contribution in [0.5, 0.6) is 0 Å². The van der Waals surface area contributed by atoms with Crippen LogP contribution in [0.3, 0.4) is 0 Å². The van der Waals surface area contributed by atoms with Crippen LogP contribution in [0, 0.1) is 5.92 Å². The van der Waals surface area contributed by atoms with Gasteiger partial charge < -0.3 is 5.11 Å². The summed E-state index contributed by atoms with van der Waals surface area (Å²) in [5.74, 6) is 0.800. The molecule has 2 aliphatic rings. The summed E-state index contributed by atoms with van der Waals surface area (Å²) in [6.07, 6.45) is 5.19. The van der Waals surface area contributed by atoms with Crippen molar-refractivity contribution in [1.29, 1.82) is 0 Å². The van der Waals surface area contributed by atoms with E-state index in [1.165, 1.54) is 19.3 Å². The highest BCUT2D eigenvalue weighted by atomic mass is 32.2. The molecule has 3 atom stereocenters. The lowest BCUT2D eigenvalue weighted by Crippen LogP contribution is -2.27. The Morgan fingerprint density at radius 3 is 2.58 bits per heavy atom. The molecule has 0 amide bonds. The molecule has 0 aromatic heterocycles. The van der Waals surface area contributed by atoms with Gasteiger partial charge in [0.15, 0.2) is 0 Å². The molecule has 0 spiro atoms. The zero-order valence-electron chi connectivity index (χ0n) is 7.92. The van der Waals surface area contributed by atoms with Crippen molar-refractivity contribution < 1.29 is 5.11 Å². The van der Waals surface area contributed by atoms with E-state index in [2.05, 4.69) is 11.8 Å². The van der Waals surface area contributed by atoms with E-state index in [9.17, 15) is 5.11 Å². The van der Waals surface area contributed by atoms with Crippen molar-refractivity contribution in [1.82, 2.24) is 0 Å². The molecule has 2 fully saturated rings. The quantitative estimate of drug-likeness (QED) is 0.714. The second-order valence-electron chi connectivity index (χ2n) is 4.89. The number of aliphatic hydroxyl groups is 1. The van der Waals surface area contributed by atoms with Crippen LogP contribution < -0.4 is 0 Å². The standard InChI is InChI=1S/C10H18OS/c1-10(2,11)6-7-5-8-3-4-9(7)12-8/h7-9,11H,3-6H2,1-2H3. The molecule has 0 aliphatic carbocycles. The topological polar surface area (TPSA) is 20.2 Å². The fourth-order valence-corrected chi connectivity index (χ4v) is 4.43. The molecule has 3 unspecified atom stereocenters. The fourth-order valence-electron chi connectivity index (χ4n) is 2.60. The summed E-state index contributed by atoms with van der Waals surface area (Å²) in [4.78, 5) is 0. The van der Waals surface area contributed by atoms with Gasteiger partial charge in [0, 0.05) is 10.5 Å². The van der Waals surface area contributed by atoms with Crippen molar-refractivity contribution in [3.05, 3.63) is 0 Å². The normalized spacial score (nSPS) is 40.8. The smallest absolute Gasteiger partial charge is 0.0594 e. The first-order chi connectivity index (χ1) is 5.54. The van der Waals surface area contributed by atoms with Gasteiger partial charge in [0.2, 0.25) is 0 Å². The molecule has 2 saturated heterocycles. The van der Waals surface area contributed by atoms with E-state index in [1.54, 1.807) is 0 Å². The van der Waals surface area contributed by atoms with E-state index in [1.807, 2.05) is 13.8 Å². The second-order valence-corrected chi connectivity index (χ2v) is 6.43. The third-order valence-corrected chi connectivity index (χ3v) is 4.78. The van der Waals surface area contributed by atoms with E-state index in [0.717, 1.165) is 22.8 Å². The highest BCUT2D eigenvalue weighted by Gasteiger charge is 2.41. The second kappa shape index (κ2) is 2.91. The predicted octanol–water partition coefficient (Wildman–Crippen LogP) is 2.43. The minimum Gasteiger partial charge on any atom is -0.390 e. The van der Waals surface area contributed by atoms with Gasteiger partial charge in [-0.1, -0.05) is 0 Å². The molecular weight excluding hydrogens is 168 g/mol. The van der Waals surface area contributed by atoms with Crippen molar-refractivity contribution in [3.63, 3.8) is 0 Å². The fraction of sp³-hybridized carbons (Fsp3) is 1.00. The first kappa shape index (κ1) is 8.89. The minimum atomic E-state index is -0.449. The molecular formula is C10H18OS. The van der Waals surface area contributed by atoms with E-state index in [4.69, 9.17) is 0 Å². The summed E-state index contributed by atoms with van der Waals surface area (Å²) < 4.78 is 0. The number of thioether (sulfide) groups is 1. The van der Waals surface area contributed by atoms with Crippen LogP contribution in [-0.4, -0.2) is 21.2 Å². The van der Waals surface area contributed by atoms with Crippen molar-refractivity contribution in [2.24, 2.45) is 5.92 Å². The minimum absolute atomic E-state index is 0.449. The van der Waals surface area contributed by atoms with Gasteiger partial charge in [-0.3, -0.25) is 0 Å². The first-order valence-electron chi connectivity index (χ1n) is 4.92. The Bertz CT molecular complexity index is 173. The number of hydrogen-bond acceptors (Lipinski definition) is 2. The Hall–Kier alpha value is 0.310. The molecule has 2 heterocycles. The number of rotatable bonds is 2. The average molecular weight is 186 g/mol. The molecule has 2 heteroatoms. The van der Waals surface area contributed by atoms with Gasteiger partial charge in [-0.05, 0) is 45.4 Å². The molecule has 0 aromatic rings. The Morgan fingerprint density at radius 2 is 2.17 bits per heavy atom. The van der Waals surface area contributed by atoms with E-state index >= 15 is 0 Å². The maximum absolute atomic E-state index is 9.70. The van der Waals surface area contributed by atoms with Gasteiger partial charge in [-0.2, -0.15) is 11.8 Å². The Kier molecular flexibility index (Phi) is 2.16. The Morgan fingerprint density at radius 1 is 1.42 bits per heavy atom. The zero-order chi connectivity index (χ0) is 8.77. The molecule has 0 saturated carbocycles. The molecule has 70 valence electrons. The summed E-state index contributed by atoms with van der Waals surface area (Å²) in [7, 11) is 0. The largest absolute Gasteiger partial charge is 0.390 e. The number of fused-ring (bicyclic) bond motifs is 2. The van der Waals surface area contributed by atoms with Crippen LogP contribution in [-0.2, 0) is 0 Å². The van der Waals surface area contributed by atoms with Gasteiger partial charge in [0.25, 0.3) is 0 Å². The van der Waals surface area contributed by atoms with Crippen molar-refractivity contribution in [3.8, 4) is 0 Å². The predicted molar refractivity (Wildman–Crippen MR) is 53.4 cm³/mol. The maximum Gasteiger partial charge on any atom is 0.0594 e. The van der Waals surface area contributed by atoms with Gasteiger partial charge in [0.05, 0.1) is 5.60 Å². The summed E-state index contributed by atoms with van der Waals surface area (Å²) in [5, 5.41) is 11.5. The van der Waals surface area contributed by atoms with Gasteiger partial charge >= 0.3 is 0 Å². The van der Waals surface area contributed by atoms with Crippen molar-refractivity contribution >= 4 is 11.8 Å². The molecule has 0 radical (unpaired) electrons. The van der Waals surface area contributed by atoms with E-state index in [0.29, 0.717) is 0 Å². The SMILES string of the molecule is CC(C)(O)CC1CC2CCC1S2. The third-order valence-electron chi connectivity index (χ3n) is 2.99. The summed E-state index contributed by atoms with van der Waals surface area (Å²) >= 11 is 2.17. The molecule has 2 bridgehead atoms. The van der Waals surface area contributed by atoms with Crippen LogP contribution in [0.15, 0.2) is 0 Å². The summed E-state index contributed by atoms with van der Waals surface area (Å²) in [5.41, 5.74) is -0.449. The van der Waals surface area contributed by atoms with Crippen LogP contribution in [0.2, 0.25) is 0 Å². The lowest BCUT2D eigenvalue weighted by atomic mass is 9.82. The van der Waals surface area contributed by atoms with Crippen molar-refractivity contribution in [2.75, 3.05) is 0 Å². The van der Waals surface area contributed by atoms with Crippen LogP contribution in [0.4, 0.5) is 0 Å². The third kappa shape index (κ3) is 1.80. The molecule has 1 N–H and O–H groups in total. The average Bonchev–Trinajstić information content (AvgIpc) is 2.42. The van der Waals surface area contributed by atoms with Gasteiger partial charge in [-0.15, -0.1) is 0 Å². The lowest BCUT2D eigenvalue weighted by molar-refractivity contribution is 0.0496. The number of hydrogen-bond donors (Lipinski definition) is 1. The maximum atomic E-state index is 9.70. The van der Waals surface area contributed by atoms with Crippen LogP contribution in [0.25, 0.3) is 0 Å². The molecule has 2 rings (SSSR count). The van der Waals surface area contributed by atoms with Crippen LogP contribution in [0.1, 0.15) is 39.5 Å². The summed E-state index contributed by atoms with van der Waals surface area (Å²) in [6, 6.07) is 0. The van der Waals surface area contributed by atoms with Gasteiger partial charge in [0.1, 0.15) is 0 Å². The highest BCUT2D eigenvalue weighted by molar-refractivity contribution is 8.01. The lowest BCUT2D eigenvalue weighted by Gasteiger charge is -2.26. The molecule has 0 aromatic carbocycles. The highest BCUT2D eigenvalue weighted by Crippen LogP contribution is 2.51. The molecule has 2 aliphatic heterocycles. The molecule has 12 heavy (non-hydrogen) atoms. The van der Waals surface area contributed by atoms with E-state index < -0.39 is 5.60 Å². The van der Waals surface area contributed by atoms with Crippen molar-refractivity contribution in [2.45, 2.75) is 55.6 Å². The van der Waals surface area contributed by atoms with Crippen LogP contribution >= 0.6 is 11.8 Å². The molecule has 1 nitrogen and oxygen atoms in total.